The maximum Gasteiger partial charge on any atom is 0.238 e. The zero-order valence-electron chi connectivity index (χ0n) is 14.7. The van der Waals surface area contributed by atoms with E-state index in [1.807, 2.05) is 18.2 Å². The van der Waals surface area contributed by atoms with Gasteiger partial charge in [-0.05, 0) is 37.3 Å². The number of nitrogens with zero attached hydrogens (tertiary/aromatic N) is 1. The molecule has 2 heterocycles. The van der Waals surface area contributed by atoms with Gasteiger partial charge in [0.1, 0.15) is 5.60 Å². The first-order valence-corrected chi connectivity index (χ1v) is 8.94. The minimum atomic E-state index is -0.228. The molecule has 0 aromatic heterocycles. The van der Waals surface area contributed by atoms with Gasteiger partial charge in [0, 0.05) is 32.5 Å². The van der Waals surface area contributed by atoms with Crippen molar-refractivity contribution in [2.45, 2.75) is 44.3 Å². The molecule has 1 aromatic carbocycles. The number of aryl methyl sites for hydroxylation is 1. The smallest absolute Gasteiger partial charge is 0.238 e. The fourth-order valence-corrected chi connectivity index (χ4v) is 4.03. The van der Waals surface area contributed by atoms with E-state index >= 15 is 0 Å². The summed E-state index contributed by atoms with van der Waals surface area (Å²) < 4.78 is 11.7. The third-order valence-corrected chi connectivity index (χ3v) is 5.24. The number of amides is 1. The van der Waals surface area contributed by atoms with E-state index in [0.717, 1.165) is 51.1 Å². The molecular weight excluding hydrogens is 304 g/mol. The summed E-state index contributed by atoms with van der Waals surface area (Å²) in [5, 5.41) is 3.06. The summed E-state index contributed by atoms with van der Waals surface area (Å²) >= 11 is 0. The Morgan fingerprint density at radius 3 is 3.00 bits per heavy atom. The number of rotatable bonds is 5. The third-order valence-electron chi connectivity index (χ3n) is 5.24. The first-order chi connectivity index (χ1) is 11.7. The third kappa shape index (κ3) is 3.63. The maximum absolute atomic E-state index is 12.5. The van der Waals surface area contributed by atoms with Crippen LogP contribution in [0.1, 0.15) is 31.7 Å². The summed E-state index contributed by atoms with van der Waals surface area (Å²) in [4.78, 5) is 14.7. The average Bonchev–Trinajstić information content (AvgIpc) is 3.04. The second kappa shape index (κ2) is 7.64. The standard InChI is InChI=1S/C19H28N2O3/c1-3-15-7-4-5-8-16(15)20-18(22)13-21-11-9-17(23-2)19(14-21)10-6-12-24-19/h4-5,7-8,17H,3,6,9-14H2,1-2H3,(H,20,22)/t17-,19+/m1/s1. The molecule has 2 fully saturated rings. The van der Waals surface area contributed by atoms with Gasteiger partial charge in [0.25, 0.3) is 0 Å². The number of anilines is 1. The molecule has 2 saturated heterocycles. The van der Waals surface area contributed by atoms with E-state index in [4.69, 9.17) is 9.47 Å². The van der Waals surface area contributed by atoms with Gasteiger partial charge in [0.2, 0.25) is 5.91 Å². The van der Waals surface area contributed by atoms with Crippen LogP contribution in [0.5, 0.6) is 0 Å². The highest BCUT2D eigenvalue weighted by Gasteiger charge is 2.47. The quantitative estimate of drug-likeness (QED) is 0.900. The number of piperidine rings is 1. The number of ether oxygens (including phenoxy) is 2. The highest BCUT2D eigenvalue weighted by atomic mass is 16.5. The van der Waals surface area contributed by atoms with E-state index in [-0.39, 0.29) is 17.6 Å². The Labute approximate surface area is 144 Å². The van der Waals surface area contributed by atoms with Crippen LogP contribution in [0.25, 0.3) is 0 Å². The molecule has 3 rings (SSSR count). The van der Waals surface area contributed by atoms with Crippen molar-refractivity contribution in [3.63, 3.8) is 0 Å². The summed E-state index contributed by atoms with van der Waals surface area (Å²) in [6.45, 7) is 4.94. The van der Waals surface area contributed by atoms with Gasteiger partial charge in [-0.15, -0.1) is 0 Å². The number of likely N-dealkylation sites (tertiary alicyclic amines) is 1. The summed E-state index contributed by atoms with van der Waals surface area (Å²) in [5.41, 5.74) is 1.86. The normalized spacial score (nSPS) is 27.5. The molecule has 24 heavy (non-hydrogen) atoms. The lowest BCUT2D eigenvalue weighted by Gasteiger charge is -2.44. The summed E-state index contributed by atoms with van der Waals surface area (Å²) in [5.74, 6) is 0.0416. The Kier molecular flexibility index (Phi) is 5.54. The van der Waals surface area contributed by atoms with Crippen molar-refractivity contribution in [1.29, 1.82) is 0 Å². The zero-order chi connectivity index (χ0) is 17.0. The van der Waals surface area contributed by atoms with Gasteiger partial charge in [-0.1, -0.05) is 25.1 Å². The van der Waals surface area contributed by atoms with Crippen molar-refractivity contribution in [3.8, 4) is 0 Å². The average molecular weight is 332 g/mol. The minimum absolute atomic E-state index is 0.0416. The van der Waals surface area contributed by atoms with E-state index in [1.54, 1.807) is 7.11 Å². The monoisotopic (exact) mass is 332 g/mol. The Morgan fingerprint density at radius 2 is 2.29 bits per heavy atom. The van der Waals surface area contributed by atoms with Crippen molar-refractivity contribution < 1.29 is 14.3 Å². The van der Waals surface area contributed by atoms with Crippen LogP contribution >= 0.6 is 0 Å². The molecule has 2 aliphatic rings. The first kappa shape index (κ1) is 17.4. The van der Waals surface area contributed by atoms with E-state index < -0.39 is 0 Å². The first-order valence-electron chi connectivity index (χ1n) is 8.94. The Bertz CT molecular complexity index is 569. The lowest BCUT2D eigenvalue weighted by atomic mass is 9.87. The van der Waals surface area contributed by atoms with Crippen molar-refractivity contribution in [3.05, 3.63) is 29.8 Å². The molecule has 1 aromatic rings. The van der Waals surface area contributed by atoms with Crippen molar-refractivity contribution >= 4 is 11.6 Å². The number of benzene rings is 1. The lowest BCUT2D eigenvalue weighted by molar-refractivity contribution is -0.146. The van der Waals surface area contributed by atoms with E-state index in [0.29, 0.717) is 6.54 Å². The predicted molar refractivity (Wildman–Crippen MR) is 94.2 cm³/mol. The molecule has 0 unspecified atom stereocenters. The molecule has 0 saturated carbocycles. The molecule has 132 valence electrons. The van der Waals surface area contributed by atoms with Crippen molar-refractivity contribution in [2.24, 2.45) is 0 Å². The van der Waals surface area contributed by atoms with E-state index in [1.165, 1.54) is 5.56 Å². The molecule has 1 N–H and O–H groups in total. The maximum atomic E-state index is 12.5. The molecule has 0 aliphatic carbocycles. The van der Waals surface area contributed by atoms with Gasteiger partial charge in [-0.2, -0.15) is 0 Å². The van der Waals surface area contributed by atoms with E-state index in [2.05, 4.69) is 23.2 Å². The number of carbonyl (C=O) groups excluding carboxylic acids is 1. The number of methoxy groups -OCH3 is 1. The summed E-state index contributed by atoms with van der Waals surface area (Å²) in [6.07, 6.45) is 4.05. The van der Waals surface area contributed by atoms with Crippen LogP contribution in [-0.2, 0) is 20.7 Å². The highest BCUT2D eigenvalue weighted by Crippen LogP contribution is 2.36. The fourth-order valence-electron chi connectivity index (χ4n) is 4.03. The summed E-state index contributed by atoms with van der Waals surface area (Å²) in [6, 6.07) is 7.99. The van der Waals surface area contributed by atoms with Gasteiger partial charge in [-0.25, -0.2) is 0 Å². The van der Waals surface area contributed by atoms with Crippen LogP contribution in [0.4, 0.5) is 5.69 Å². The zero-order valence-corrected chi connectivity index (χ0v) is 14.7. The second-order valence-electron chi connectivity index (χ2n) is 6.80. The fraction of sp³-hybridized carbons (Fsp3) is 0.632. The van der Waals surface area contributed by atoms with Gasteiger partial charge < -0.3 is 14.8 Å². The SMILES string of the molecule is CCc1ccccc1NC(=O)CN1CC[C@@H](OC)[C@]2(CCCO2)C1. The number of hydrogen-bond acceptors (Lipinski definition) is 4. The molecule has 2 aliphatic heterocycles. The van der Waals surface area contributed by atoms with Gasteiger partial charge in [-0.3, -0.25) is 9.69 Å². The molecule has 2 atom stereocenters. The minimum Gasteiger partial charge on any atom is -0.378 e. The Morgan fingerprint density at radius 1 is 1.46 bits per heavy atom. The predicted octanol–water partition coefficient (Wildman–Crippen LogP) is 2.46. The van der Waals surface area contributed by atoms with Crippen LogP contribution in [0.2, 0.25) is 0 Å². The van der Waals surface area contributed by atoms with Crippen molar-refractivity contribution in [1.82, 2.24) is 4.90 Å². The molecule has 1 amide bonds. The van der Waals surface area contributed by atoms with Crippen LogP contribution in [0.15, 0.2) is 24.3 Å². The molecule has 5 nitrogen and oxygen atoms in total. The summed E-state index contributed by atoms with van der Waals surface area (Å²) in [7, 11) is 1.76. The van der Waals surface area contributed by atoms with Crippen molar-refractivity contribution in [2.75, 3.05) is 38.7 Å². The molecule has 0 bridgehead atoms. The van der Waals surface area contributed by atoms with Crippen LogP contribution in [-0.4, -0.2) is 55.9 Å². The number of hydrogen-bond donors (Lipinski definition) is 1. The topological polar surface area (TPSA) is 50.8 Å². The Hall–Kier alpha value is -1.43. The molecular formula is C19H28N2O3. The van der Waals surface area contributed by atoms with Gasteiger partial charge in [0.15, 0.2) is 0 Å². The number of carbonyl (C=O) groups is 1. The largest absolute Gasteiger partial charge is 0.378 e. The van der Waals surface area contributed by atoms with Crippen LogP contribution in [0.3, 0.4) is 0 Å². The number of para-hydroxylation sites is 1. The molecule has 0 radical (unpaired) electrons. The van der Waals surface area contributed by atoms with Crippen LogP contribution < -0.4 is 5.32 Å². The van der Waals surface area contributed by atoms with Gasteiger partial charge >= 0.3 is 0 Å². The van der Waals surface area contributed by atoms with Gasteiger partial charge in [0.05, 0.1) is 12.6 Å². The Balaban J connectivity index is 1.60. The number of nitrogens with one attached hydrogen (secondary N) is 1. The second-order valence-corrected chi connectivity index (χ2v) is 6.80. The highest BCUT2D eigenvalue weighted by molar-refractivity contribution is 5.93. The lowest BCUT2D eigenvalue weighted by Crippen LogP contribution is -2.58. The molecule has 1 spiro atoms. The molecule has 5 heteroatoms. The van der Waals surface area contributed by atoms with Crippen LogP contribution in [0, 0.1) is 0 Å². The van der Waals surface area contributed by atoms with E-state index in [9.17, 15) is 4.79 Å².